The van der Waals surface area contributed by atoms with Crippen molar-refractivity contribution in [3.63, 3.8) is 0 Å². The molecule has 4 saturated carbocycles. The molecule has 4 nitrogen and oxygen atoms in total. The second-order valence-corrected chi connectivity index (χ2v) is 13.3. The molecule has 0 aromatic rings. The first-order valence-corrected chi connectivity index (χ1v) is 13.4. The van der Waals surface area contributed by atoms with Crippen molar-refractivity contribution < 1.29 is 19.7 Å². The summed E-state index contributed by atoms with van der Waals surface area (Å²) in [5.41, 5.74) is 0.755. The van der Waals surface area contributed by atoms with Crippen molar-refractivity contribution in [3.8, 4) is 0 Å². The third kappa shape index (κ3) is 2.63. The maximum Gasteiger partial charge on any atom is 0.224 e. The zero-order valence-electron chi connectivity index (χ0n) is 20.1. The van der Waals surface area contributed by atoms with Crippen molar-refractivity contribution in [3.05, 3.63) is 0 Å². The highest BCUT2D eigenvalue weighted by Gasteiger charge is 2.73. The van der Waals surface area contributed by atoms with Crippen molar-refractivity contribution in [1.29, 1.82) is 0 Å². The summed E-state index contributed by atoms with van der Waals surface area (Å²) in [6, 6.07) is 0. The van der Waals surface area contributed by atoms with Gasteiger partial charge < -0.3 is 19.7 Å². The Hall–Kier alpha value is -0.160. The van der Waals surface area contributed by atoms with Crippen LogP contribution in [0.25, 0.3) is 0 Å². The molecule has 0 aromatic carbocycles. The van der Waals surface area contributed by atoms with Gasteiger partial charge in [0.05, 0.1) is 12.7 Å². The fraction of sp³-hybridized carbons (Fsp3) is 1.00. The molecule has 0 aromatic heterocycles. The lowest BCUT2D eigenvalue weighted by Crippen LogP contribution is -2.59. The Morgan fingerprint density at radius 2 is 1.68 bits per heavy atom. The highest BCUT2D eigenvalue weighted by atomic mass is 16.7. The van der Waals surface area contributed by atoms with Gasteiger partial charge in [-0.3, -0.25) is 0 Å². The van der Waals surface area contributed by atoms with Gasteiger partial charge in [-0.1, -0.05) is 40.5 Å². The Bertz CT molecular complexity index is 739. The first kappa shape index (κ1) is 21.4. The second kappa shape index (κ2) is 6.71. The number of fused-ring (bicyclic) bond motifs is 7. The molecule has 0 radical (unpaired) electrons. The van der Waals surface area contributed by atoms with E-state index in [1.54, 1.807) is 0 Å². The van der Waals surface area contributed by atoms with Crippen LogP contribution in [-0.2, 0) is 9.47 Å². The predicted octanol–water partition coefficient (Wildman–Crippen LogP) is 5.11. The van der Waals surface area contributed by atoms with E-state index in [1.807, 2.05) is 0 Å². The van der Waals surface area contributed by atoms with Crippen LogP contribution < -0.4 is 0 Å². The molecule has 2 N–H and O–H groups in total. The van der Waals surface area contributed by atoms with Gasteiger partial charge in [0, 0.05) is 12.3 Å². The minimum Gasteiger partial charge on any atom is -0.361 e. The molecular formula is C27H44O4. The Morgan fingerprint density at radius 3 is 2.42 bits per heavy atom. The van der Waals surface area contributed by atoms with E-state index in [1.165, 1.54) is 51.4 Å². The molecule has 4 aliphatic carbocycles. The zero-order chi connectivity index (χ0) is 21.8. The minimum atomic E-state index is -1.58. The maximum absolute atomic E-state index is 11.7. The molecule has 2 heterocycles. The summed E-state index contributed by atoms with van der Waals surface area (Å²) < 4.78 is 12.3. The third-order valence-electron chi connectivity index (χ3n) is 11.9. The highest BCUT2D eigenvalue weighted by Crippen LogP contribution is 2.71. The van der Waals surface area contributed by atoms with E-state index in [2.05, 4.69) is 27.7 Å². The zero-order valence-corrected chi connectivity index (χ0v) is 20.1. The number of rotatable bonds is 1. The molecule has 4 heteroatoms. The molecule has 0 amide bonds. The van der Waals surface area contributed by atoms with Crippen LogP contribution in [0.1, 0.15) is 91.9 Å². The molecule has 31 heavy (non-hydrogen) atoms. The lowest BCUT2D eigenvalue weighted by molar-refractivity contribution is -0.378. The van der Waals surface area contributed by atoms with E-state index in [9.17, 15) is 10.2 Å². The lowest BCUT2D eigenvalue weighted by atomic mass is 9.44. The largest absolute Gasteiger partial charge is 0.361 e. The normalized spacial score (nSPS) is 63.3. The van der Waals surface area contributed by atoms with E-state index in [0.29, 0.717) is 30.3 Å². The van der Waals surface area contributed by atoms with Crippen LogP contribution in [0.3, 0.4) is 0 Å². The van der Waals surface area contributed by atoms with Crippen LogP contribution in [0.5, 0.6) is 0 Å². The van der Waals surface area contributed by atoms with Crippen LogP contribution in [-0.4, -0.2) is 34.5 Å². The molecule has 12 atom stereocenters. The molecule has 6 rings (SSSR count). The number of aliphatic hydroxyl groups is 2. The van der Waals surface area contributed by atoms with E-state index in [-0.39, 0.29) is 23.4 Å². The minimum absolute atomic E-state index is 0.0502. The van der Waals surface area contributed by atoms with E-state index >= 15 is 0 Å². The fourth-order valence-electron chi connectivity index (χ4n) is 10.5. The average Bonchev–Trinajstić information content (AvgIpc) is 3.32. The molecule has 2 saturated heterocycles. The van der Waals surface area contributed by atoms with Crippen LogP contribution in [0.4, 0.5) is 0 Å². The van der Waals surface area contributed by atoms with Gasteiger partial charge in [-0.25, -0.2) is 0 Å². The second-order valence-electron chi connectivity index (χ2n) is 13.3. The first-order valence-electron chi connectivity index (χ1n) is 13.4. The molecule has 2 aliphatic heterocycles. The topological polar surface area (TPSA) is 58.9 Å². The van der Waals surface area contributed by atoms with Gasteiger partial charge in [0.15, 0.2) is 0 Å². The average molecular weight is 433 g/mol. The van der Waals surface area contributed by atoms with Gasteiger partial charge in [0.1, 0.15) is 0 Å². The summed E-state index contributed by atoms with van der Waals surface area (Å²) in [6.45, 7) is 9.82. The van der Waals surface area contributed by atoms with Crippen molar-refractivity contribution in [2.75, 3.05) is 6.61 Å². The van der Waals surface area contributed by atoms with Crippen LogP contribution >= 0.6 is 0 Å². The predicted molar refractivity (Wildman–Crippen MR) is 119 cm³/mol. The highest BCUT2D eigenvalue weighted by molar-refractivity contribution is 5.16. The quantitative estimate of drug-likeness (QED) is 0.604. The van der Waals surface area contributed by atoms with Crippen LogP contribution in [0.2, 0.25) is 0 Å². The number of hydrogen-bond donors (Lipinski definition) is 2. The van der Waals surface area contributed by atoms with Crippen molar-refractivity contribution in [2.45, 2.75) is 110 Å². The van der Waals surface area contributed by atoms with E-state index in [0.717, 1.165) is 24.2 Å². The summed E-state index contributed by atoms with van der Waals surface area (Å²) in [6.07, 6.45) is 12.7. The SMILES string of the molecule is CC1COC(O)([C@@]2(O)O[C@H]3C[C@H]4[C@@H]5CCC6CCCC[C@]6(C)[C@H]5CC[C@]4(C)[C@H]3[C@@H]2C)C1. The van der Waals surface area contributed by atoms with Crippen molar-refractivity contribution in [1.82, 2.24) is 0 Å². The third-order valence-corrected chi connectivity index (χ3v) is 11.9. The summed E-state index contributed by atoms with van der Waals surface area (Å²) >= 11 is 0. The summed E-state index contributed by atoms with van der Waals surface area (Å²) in [5, 5.41) is 23.0. The molecule has 3 unspecified atom stereocenters. The van der Waals surface area contributed by atoms with E-state index < -0.39 is 11.6 Å². The fourth-order valence-corrected chi connectivity index (χ4v) is 10.5. The molecule has 176 valence electrons. The Labute approximate surface area is 188 Å². The van der Waals surface area contributed by atoms with Gasteiger partial charge in [-0.05, 0) is 91.3 Å². The van der Waals surface area contributed by atoms with Crippen LogP contribution in [0.15, 0.2) is 0 Å². The maximum atomic E-state index is 11.7. The molecular weight excluding hydrogens is 388 g/mol. The van der Waals surface area contributed by atoms with Crippen LogP contribution in [0, 0.1) is 52.3 Å². The van der Waals surface area contributed by atoms with Gasteiger partial charge >= 0.3 is 0 Å². The molecule has 6 aliphatic rings. The van der Waals surface area contributed by atoms with Gasteiger partial charge in [0.2, 0.25) is 11.6 Å². The Kier molecular flexibility index (Phi) is 4.62. The first-order chi connectivity index (χ1) is 14.6. The van der Waals surface area contributed by atoms with Crippen molar-refractivity contribution in [2.24, 2.45) is 52.3 Å². The monoisotopic (exact) mass is 432 g/mol. The standard InChI is InChI=1S/C27H44O4/c1-16-14-26(28,30-15-16)27(29)17(2)23-22(31-27)13-21-19-9-8-18-7-5-6-11-24(18,3)20(19)10-12-25(21,23)4/h16-23,28-29H,5-15H2,1-4H3/t16?,17-,18?,19+,20-,21-,22-,23-,24-,25-,26?,27-/m0/s1. The molecule has 0 bridgehead atoms. The van der Waals surface area contributed by atoms with Gasteiger partial charge in [-0.2, -0.15) is 0 Å². The lowest BCUT2D eigenvalue weighted by Gasteiger charge is -2.61. The summed E-state index contributed by atoms with van der Waals surface area (Å²) in [4.78, 5) is 0. The van der Waals surface area contributed by atoms with Gasteiger partial charge in [0.25, 0.3) is 0 Å². The molecule has 6 fully saturated rings. The summed E-state index contributed by atoms with van der Waals surface area (Å²) in [7, 11) is 0. The van der Waals surface area contributed by atoms with Crippen molar-refractivity contribution >= 4 is 0 Å². The Morgan fingerprint density at radius 1 is 0.871 bits per heavy atom. The Balaban J connectivity index is 1.28. The molecule has 0 spiro atoms. The van der Waals surface area contributed by atoms with E-state index in [4.69, 9.17) is 9.47 Å². The number of hydrogen-bond acceptors (Lipinski definition) is 4. The smallest absolute Gasteiger partial charge is 0.224 e. The summed E-state index contributed by atoms with van der Waals surface area (Å²) in [5.74, 6) is 0.645. The number of ether oxygens (including phenoxy) is 2. The van der Waals surface area contributed by atoms with Gasteiger partial charge in [-0.15, -0.1) is 0 Å².